The summed E-state index contributed by atoms with van der Waals surface area (Å²) in [7, 11) is 0. The van der Waals surface area contributed by atoms with E-state index in [4.69, 9.17) is 14.7 Å². The zero-order chi connectivity index (χ0) is 16.8. The van der Waals surface area contributed by atoms with Crippen LogP contribution in [0.1, 0.15) is 24.1 Å². The Morgan fingerprint density at radius 1 is 1.25 bits per heavy atom. The predicted molar refractivity (Wildman–Crippen MR) is 86.2 cm³/mol. The molecule has 2 heterocycles. The summed E-state index contributed by atoms with van der Waals surface area (Å²) in [5.41, 5.74) is 0.882. The Hall–Kier alpha value is -2.65. The number of pyridine rings is 1. The molecule has 0 bridgehead atoms. The average Bonchev–Trinajstić information content (AvgIpc) is 2.62. The lowest BCUT2D eigenvalue weighted by atomic mass is 10.1. The van der Waals surface area contributed by atoms with Crippen molar-refractivity contribution >= 4 is 0 Å². The van der Waals surface area contributed by atoms with Crippen LogP contribution in [0.5, 0.6) is 11.5 Å². The van der Waals surface area contributed by atoms with Crippen LogP contribution in [0.2, 0.25) is 0 Å². The molecule has 124 valence electrons. The van der Waals surface area contributed by atoms with Crippen molar-refractivity contribution in [3.8, 4) is 17.6 Å². The normalized spacial score (nSPS) is 14.8. The summed E-state index contributed by atoms with van der Waals surface area (Å²) in [6, 6.07) is 9.67. The summed E-state index contributed by atoms with van der Waals surface area (Å²) in [6.07, 6.45) is 3.70. The smallest absolute Gasteiger partial charge is 0.166 e. The van der Waals surface area contributed by atoms with E-state index in [2.05, 4.69) is 10.3 Å². The second-order valence-electron chi connectivity index (χ2n) is 5.56. The third kappa shape index (κ3) is 4.00. The molecular weight excluding hydrogens is 309 g/mol. The van der Waals surface area contributed by atoms with Crippen LogP contribution in [0.4, 0.5) is 4.39 Å². The maximum atomic E-state index is 13.9. The van der Waals surface area contributed by atoms with Gasteiger partial charge in [0.25, 0.3) is 0 Å². The summed E-state index contributed by atoms with van der Waals surface area (Å²) in [4.78, 5) is 4.28. The van der Waals surface area contributed by atoms with Gasteiger partial charge >= 0.3 is 0 Å². The van der Waals surface area contributed by atoms with Crippen LogP contribution in [-0.2, 0) is 6.61 Å². The zero-order valence-electron chi connectivity index (χ0n) is 13.2. The van der Waals surface area contributed by atoms with E-state index >= 15 is 0 Å². The fourth-order valence-corrected chi connectivity index (χ4v) is 2.57. The van der Waals surface area contributed by atoms with E-state index in [1.807, 2.05) is 18.2 Å². The topological polar surface area (TPSA) is 67.2 Å². The lowest BCUT2D eigenvalue weighted by Gasteiger charge is -2.24. The summed E-state index contributed by atoms with van der Waals surface area (Å²) in [6.45, 7) is 1.98. The number of benzene rings is 1. The number of piperidine rings is 1. The highest BCUT2D eigenvalue weighted by Crippen LogP contribution is 2.23. The van der Waals surface area contributed by atoms with Crippen LogP contribution in [0, 0.1) is 17.1 Å². The van der Waals surface area contributed by atoms with Crippen molar-refractivity contribution < 1.29 is 13.9 Å². The summed E-state index contributed by atoms with van der Waals surface area (Å²) in [5.74, 6) is 0.191. The summed E-state index contributed by atoms with van der Waals surface area (Å²) >= 11 is 0. The Balaban J connectivity index is 1.68. The molecule has 0 atom stereocenters. The Kier molecular flexibility index (Phi) is 5.24. The third-order valence-electron chi connectivity index (χ3n) is 3.85. The van der Waals surface area contributed by atoms with Crippen molar-refractivity contribution in [3.05, 3.63) is 53.6 Å². The van der Waals surface area contributed by atoms with Gasteiger partial charge in [0.05, 0.1) is 11.6 Å². The maximum Gasteiger partial charge on any atom is 0.166 e. The monoisotopic (exact) mass is 327 g/mol. The Morgan fingerprint density at radius 2 is 2.08 bits per heavy atom. The Labute approximate surface area is 140 Å². The number of rotatable bonds is 5. The van der Waals surface area contributed by atoms with Crippen molar-refractivity contribution in [2.24, 2.45) is 0 Å². The van der Waals surface area contributed by atoms with Crippen LogP contribution >= 0.6 is 0 Å². The molecule has 0 spiro atoms. The predicted octanol–water partition coefficient (Wildman–Crippen LogP) is 2.80. The van der Waals surface area contributed by atoms with Crippen molar-refractivity contribution in [1.29, 1.82) is 5.26 Å². The maximum absolute atomic E-state index is 13.9. The first-order valence-corrected chi connectivity index (χ1v) is 7.90. The number of halogens is 1. The summed E-state index contributed by atoms with van der Waals surface area (Å²) in [5, 5.41) is 12.1. The number of ether oxygens (including phenoxy) is 2. The van der Waals surface area contributed by atoms with Gasteiger partial charge in [-0.25, -0.2) is 4.39 Å². The molecule has 1 aromatic carbocycles. The van der Waals surface area contributed by atoms with Gasteiger partial charge in [0.15, 0.2) is 11.6 Å². The first-order valence-electron chi connectivity index (χ1n) is 7.90. The van der Waals surface area contributed by atoms with E-state index in [0.717, 1.165) is 32.0 Å². The Bertz CT molecular complexity index is 739. The SMILES string of the molecule is N#Cc1ccc(OCc2ncccc2OC2CCNCC2)c(F)c1. The minimum atomic E-state index is -0.564. The molecule has 24 heavy (non-hydrogen) atoms. The van der Waals surface area contributed by atoms with E-state index in [-0.39, 0.29) is 24.0 Å². The van der Waals surface area contributed by atoms with E-state index in [9.17, 15) is 4.39 Å². The molecule has 1 N–H and O–H groups in total. The van der Waals surface area contributed by atoms with Crippen molar-refractivity contribution in [3.63, 3.8) is 0 Å². The zero-order valence-corrected chi connectivity index (χ0v) is 13.2. The molecular formula is C18H18FN3O2. The van der Waals surface area contributed by atoms with Crippen molar-refractivity contribution in [2.45, 2.75) is 25.6 Å². The molecule has 0 aliphatic carbocycles. The van der Waals surface area contributed by atoms with Gasteiger partial charge in [-0.1, -0.05) is 0 Å². The van der Waals surface area contributed by atoms with Gasteiger partial charge in [-0.05, 0) is 56.3 Å². The van der Waals surface area contributed by atoms with Gasteiger partial charge < -0.3 is 14.8 Å². The fourth-order valence-electron chi connectivity index (χ4n) is 2.57. The number of nitrogens with zero attached hydrogens (tertiary/aromatic N) is 2. The molecule has 1 aromatic heterocycles. The fraction of sp³-hybridized carbons (Fsp3) is 0.333. The molecule has 0 amide bonds. The first-order chi connectivity index (χ1) is 11.8. The molecule has 6 heteroatoms. The largest absolute Gasteiger partial charge is 0.488 e. The molecule has 1 aliphatic rings. The van der Waals surface area contributed by atoms with E-state index in [0.29, 0.717) is 11.4 Å². The van der Waals surface area contributed by atoms with Gasteiger partial charge in [-0.15, -0.1) is 0 Å². The quantitative estimate of drug-likeness (QED) is 0.914. The summed E-state index contributed by atoms with van der Waals surface area (Å²) < 4.78 is 25.4. The van der Waals surface area contributed by atoms with Crippen LogP contribution in [-0.4, -0.2) is 24.2 Å². The Morgan fingerprint density at radius 3 is 2.83 bits per heavy atom. The molecule has 0 radical (unpaired) electrons. The van der Waals surface area contributed by atoms with Crippen LogP contribution in [0.15, 0.2) is 36.5 Å². The van der Waals surface area contributed by atoms with Gasteiger partial charge in [-0.3, -0.25) is 4.98 Å². The molecule has 5 nitrogen and oxygen atoms in total. The second kappa shape index (κ2) is 7.75. The minimum Gasteiger partial charge on any atom is -0.488 e. The lowest BCUT2D eigenvalue weighted by molar-refractivity contribution is 0.156. The number of hydrogen-bond donors (Lipinski definition) is 1. The highest BCUT2D eigenvalue weighted by atomic mass is 19.1. The van der Waals surface area contributed by atoms with Crippen LogP contribution in [0.3, 0.4) is 0 Å². The van der Waals surface area contributed by atoms with Crippen molar-refractivity contribution in [2.75, 3.05) is 13.1 Å². The average molecular weight is 327 g/mol. The molecule has 1 aliphatic heterocycles. The third-order valence-corrected chi connectivity index (χ3v) is 3.85. The van der Waals surface area contributed by atoms with E-state index in [1.54, 1.807) is 6.20 Å². The van der Waals surface area contributed by atoms with E-state index < -0.39 is 5.82 Å². The highest BCUT2D eigenvalue weighted by molar-refractivity contribution is 5.36. The number of nitriles is 1. The van der Waals surface area contributed by atoms with Gasteiger partial charge in [0.2, 0.25) is 0 Å². The van der Waals surface area contributed by atoms with Crippen molar-refractivity contribution in [1.82, 2.24) is 10.3 Å². The molecule has 1 saturated heterocycles. The van der Waals surface area contributed by atoms with Gasteiger partial charge in [-0.2, -0.15) is 5.26 Å². The van der Waals surface area contributed by atoms with E-state index in [1.165, 1.54) is 12.1 Å². The highest BCUT2D eigenvalue weighted by Gasteiger charge is 2.17. The molecule has 1 fully saturated rings. The van der Waals surface area contributed by atoms with Gasteiger partial charge in [0.1, 0.15) is 24.2 Å². The first kappa shape index (κ1) is 16.2. The molecule has 0 unspecified atom stereocenters. The number of nitrogens with one attached hydrogen (secondary N) is 1. The molecule has 0 saturated carbocycles. The van der Waals surface area contributed by atoms with Crippen LogP contribution < -0.4 is 14.8 Å². The number of hydrogen-bond acceptors (Lipinski definition) is 5. The minimum absolute atomic E-state index is 0.0902. The standard InChI is InChI=1S/C18H18FN3O2/c19-15-10-13(11-20)3-4-17(15)23-12-16-18(2-1-7-22-16)24-14-5-8-21-9-6-14/h1-4,7,10,14,21H,5-6,8-9,12H2. The van der Waals surface area contributed by atoms with Gasteiger partial charge in [0, 0.05) is 6.20 Å². The second-order valence-corrected chi connectivity index (χ2v) is 5.56. The lowest BCUT2D eigenvalue weighted by Crippen LogP contribution is -2.34. The van der Waals surface area contributed by atoms with Crippen LogP contribution in [0.25, 0.3) is 0 Å². The molecule has 3 rings (SSSR count). The number of aromatic nitrogens is 1. The molecule has 2 aromatic rings.